The van der Waals surface area contributed by atoms with Crippen molar-refractivity contribution >= 4 is 56.5 Å². The number of halogens is 2. The van der Waals surface area contributed by atoms with Crippen molar-refractivity contribution < 1.29 is 27.4 Å². The van der Waals surface area contributed by atoms with Gasteiger partial charge in [0.15, 0.2) is 0 Å². The third-order valence-corrected chi connectivity index (χ3v) is 7.74. The van der Waals surface area contributed by atoms with E-state index in [2.05, 4.69) is 15.0 Å². The Morgan fingerprint density at radius 2 is 1.62 bits per heavy atom. The van der Waals surface area contributed by atoms with Gasteiger partial charge >= 0.3 is 18.0 Å². The maximum atomic E-state index is 13.8. The number of sulfonamides is 1. The van der Waals surface area contributed by atoms with Crippen LogP contribution in [0.25, 0.3) is 0 Å². The lowest BCUT2D eigenvalue weighted by Crippen LogP contribution is -2.39. The number of esters is 1. The Hall–Kier alpha value is -3.35. The van der Waals surface area contributed by atoms with Crippen LogP contribution in [0.2, 0.25) is 10.0 Å². The summed E-state index contributed by atoms with van der Waals surface area (Å²) in [5.74, 6) is -0.400. The Morgan fingerprint density at radius 1 is 1.00 bits per heavy atom. The number of anilines is 3. The van der Waals surface area contributed by atoms with Crippen LogP contribution in [0.15, 0.2) is 41.3 Å². The third-order valence-electron chi connectivity index (χ3n) is 5.55. The molecule has 0 radical (unpaired) electrons. The Morgan fingerprint density at radius 3 is 2.18 bits per heavy atom. The van der Waals surface area contributed by atoms with Gasteiger partial charge in [0.05, 0.1) is 24.8 Å². The molecule has 3 aromatic rings. The minimum absolute atomic E-state index is 0.0942. The molecule has 0 N–H and O–H groups in total. The molecule has 1 aliphatic rings. The second kappa shape index (κ2) is 11.0. The predicted octanol–water partition coefficient (Wildman–Crippen LogP) is 4.43. The van der Waals surface area contributed by atoms with Crippen LogP contribution >= 0.6 is 23.2 Å². The highest BCUT2D eigenvalue weighted by atomic mass is 35.5. The van der Waals surface area contributed by atoms with Crippen LogP contribution in [-0.2, 0) is 26.0 Å². The molecule has 0 atom stereocenters. The summed E-state index contributed by atoms with van der Waals surface area (Å²) in [6.45, 7) is 5.06. The van der Waals surface area contributed by atoms with Crippen molar-refractivity contribution in [2.24, 2.45) is 0 Å². The van der Waals surface area contributed by atoms with Gasteiger partial charge in [-0.2, -0.15) is 9.97 Å². The SMILES string of the molecule is COc1nc(OC)nc(N2CCc3cc(N(CC(=O)OC(C)(C)C)S(=O)(=O)c4cc(Cl)cc(Cl)c4)ccc32)n1. The van der Waals surface area contributed by atoms with E-state index in [4.69, 9.17) is 37.4 Å². The third kappa shape index (κ3) is 6.45. The molecule has 2 heterocycles. The average molecular weight is 596 g/mol. The lowest BCUT2D eigenvalue weighted by molar-refractivity contribution is -0.152. The van der Waals surface area contributed by atoms with E-state index >= 15 is 0 Å². The minimum Gasteiger partial charge on any atom is -0.467 e. The molecule has 0 fully saturated rings. The highest BCUT2D eigenvalue weighted by molar-refractivity contribution is 7.92. The van der Waals surface area contributed by atoms with Gasteiger partial charge in [0, 0.05) is 22.3 Å². The van der Waals surface area contributed by atoms with E-state index in [9.17, 15) is 13.2 Å². The standard InChI is InChI=1S/C25H27Cl2N5O6S/c1-25(2,3)38-21(33)14-32(39(34,35)19-12-16(26)11-17(27)13-19)18-6-7-20-15(10-18)8-9-31(20)22-28-23(36-4)30-24(29-22)37-5/h6-7,10-13H,8-9,14H2,1-5H3. The molecule has 11 nitrogen and oxygen atoms in total. The second-order valence-corrected chi connectivity index (χ2v) is 12.3. The fourth-order valence-electron chi connectivity index (χ4n) is 3.99. The fourth-order valence-corrected chi connectivity index (χ4v) is 6.12. The first kappa shape index (κ1) is 28.7. The van der Waals surface area contributed by atoms with E-state index in [-0.39, 0.29) is 32.6 Å². The summed E-state index contributed by atoms with van der Waals surface area (Å²) in [5, 5.41) is 0.289. The van der Waals surface area contributed by atoms with Crippen molar-refractivity contribution in [1.82, 2.24) is 15.0 Å². The van der Waals surface area contributed by atoms with Crippen molar-refractivity contribution in [3.05, 3.63) is 52.0 Å². The predicted molar refractivity (Wildman–Crippen MR) is 147 cm³/mol. The zero-order valence-electron chi connectivity index (χ0n) is 21.9. The van der Waals surface area contributed by atoms with Crippen LogP contribution in [0.5, 0.6) is 12.0 Å². The number of benzene rings is 2. The number of ether oxygens (including phenoxy) is 3. The Labute approximate surface area is 236 Å². The van der Waals surface area contributed by atoms with Crippen molar-refractivity contribution in [1.29, 1.82) is 0 Å². The molecule has 1 aromatic heterocycles. The molecule has 0 amide bonds. The second-order valence-electron chi connectivity index (χ2n) is 9.53. The van der Waals surface area contributed by atoms with Gasteiger partial charge < -0.3 is 19.1 Å². The van der Waals surface area contributed by atoms with E-state index in [0.29, 0.717) is 18.9 Å². The van der Waals surface area contributed by atoms with E-state index in [1.165, 1.54) is 32.4 Å². The number of aromatic nitrogens is 3. The minimum atomic E-state index is -4.27. The number of carbonyl (C=O) groups is 1. The molecule has 39 heavy (non-hydrogen) atoms. The number of carbonyl (C=O) groups excluding carboxylic acids is 1. The Bertz CT molecular complexity index is 1470. The van der Waals surface area contributed by atoms with Crippen LogP contribution in [0.3, 0.4) is 0 Å². The smallest absolute Gasteiger partial charge is 0.327 e. The van der Waals surface area contributed by atoms with Crippen LogP contribution in [0, 0.1) is 0 Å². The van der Waals surface area contributed by atoms with Gasteiger partial charge in [-0.15, -0.1) is 4.98 Å². The first-order chi connectivity index (χ1) is 18.3. The topological polar surface area (TPSA) is 124 Å². The summed E-state index contributed by atoms with van der Waals surface area (Å²) in [4.78, 5) is 27.2. The molecule has 0 bridgehead atoms. The van der Waals surface area contributed by atoms with Gasteiger partial charge in [-0.1, -0.05) is 23.2 Å². The zero-order chi connectivity index (χ0) is 28.5. The number of hydrogen-bond acceptors (Lipinski definition) is 10. The monoisotopic (exact) mass is 595 g/mol. The van der Waals surface area contributed by atoms with Gasteiger partial charge in [0.25, 0.3) is 10.0 Å². The number of rotatable bonds is 8. The highest BCUT2D eigenvalue weighted by Gasteiger charge is 2.32. The maximum Gasteiger partial charge on any atom is 0.327 e. The summed E-state index contributed by atoms with van der Waals surface area (Å²) >= 11 is 12.2. The molecule has 0 aliphatic carbocycles. The van der Waals surface area contributed by atoms with Gasteiger partial charge in [-0.25, -0.2) is 8.42 Å². The number of nitrogens with zero attached hydrogens (tertiary/aromatic N) is 5. The Kier molecular flexibility index (Phi) is 8.10. The van der Waals surface area contributed by atoms with Gasteiger partial charge in [0.2, 0.25) is 5.95 Å². The lowest BCUT2D eigenvalue weighted by atomic mass is 10.1. The number of fused-ring (bicyclic) bond motifs is 1. The molecule has 0 saturated heterocycles. The van der Waals surface area contributed by atoms with Gasteiger partial charge in [-0.3, -0.25) is 9.10 Å². The maximum absolute atomic E-state index is 13.8. The first-order valence-corrected chi connectivity index (χ1v) is 14.0. The number of hydrogen-bond donors (Lipinski definition) is 0. The summed E-state index contributed by atoms with van der Waals surface area (Å²) in [5.41, 5.74) is 1.04. The van der Waals surface area contributed by atoms with Crippen LogP contribution in [0.4, 0.5) is 17.3 Å². The molecule has 0 saturated carbocycles. The lowest BCUT2D eigenvalue weighted by Gasteiger charge is -2.27. The van der Waals surface area contributed by atoms with E-state index < -0.39 is 28.1 Å². The average Bonchev–Trinajstić information content (AvgIpc) is 3.28. The molecule has 14 heteroatoms. The van der Waals surface area contributed by atoms with Crippen molar-refractivity contribution in [3.8, 4) is 12.0 Å². The molecular formula is C25H27Cl2N5O6S. The molecule has 4 rings (SSSR count). The van der Waals surface area contributed by atoms with Crippen molar-refractivity contribution in [2.75, 3.05) is 36.5 Å². The fraction of sp³-hybridized carbons (Fsp3) is 0.360. The summed E-state index contributed by atoms with van der Waals surface area (Å²) in [6, 6.07) is 9.22. The quantitative estimate of drug-likeness (QED) is 0.345. The summed E-state index contributed by atoms with van der Waals surface area (Å²) in [6.07, 6.45) is 0.558. The van der Waals surface area contributed by atoms with Crippen LogP contribution < -0.4 is 18.7 Å². The normalized spacial score (nSPS) is 13.2. The van der Waals surface area contributed by atoms with Gasteiger partial charge in [-0.05, 0) is 69.2 Å². The first-order valence-electron chi connectivity index (χ1n) is 11.8. The number of methoxy groups -OCH3 is 2. The molecule has 1 aliphatic heterocycles. The highest BCUT2D eigenvalue weighted by Crippen LogP contribution is 2.37. The van der Waals surface area contributed by atoms with E-state index in [0.717, 1.165) is 15.6 Å². The molecular weight excluding hydrogens is 569 g/mol. The summed E-state index contributed by atoms with van der Waals surface area (Å²) in [7, 11) is -1.39. The van der Waals surface area contributed by atoms with Crippen molar-refractivity contribution in [2.45, 2.75) is 37.7 Å². The van der Waals surface area contributed by atoms with Gasteiger partial charge in [0.1, 0.15) is 12.1 Å². The van der Waals surface area contributed by atoms with Crippen LogP contribution in [-0.4, -0.2) is 62.2 Å². The molecule has 208 valence electrons. The summed E-state index contributed by atoms with van der Waals surface area (Å²) < 4.78 is 44.3. The largest absolute Gasteiger partial charge is 0.467 e. The molecule has 0 unspecified atom stereocenters. The van der Waals surface area contributed by atoms with E-state index in [1.54, 1.807) is 39.0 Å². The van der Waals surface area contributed by atoms with Crippen molar-refractivity contribution in [3.63, 3.8) is 0 Å². The molecule has 2 aromatic carbocycles. The van der Waals surface area contributed by atoms with E-state index in [1.807, 2.05) is 4.90 Å². The molecule has 0 spiro atoms. The Balaban J connectivity index is 1.75. The van der Waals surface area contributed by atoms with Crippen LogP contribution in [0.1, 0.15) is 26.3 Å². The zero-order valence-corrected chi connectivity index (χ0v) is 24.3.